The van der Waals surface area contributed by atoms with Crippen LogP contribution in [0.25, 0.3) is 10.9 Å². The summed E-state index contributed by atoms with van der Waals surface area (Å²) in [7, 11) is -3.88. The Bertz CT molecular complexity index is 1550. The summed E-state index contributed by atoms with van der Waals surface area (Å²) < 4.78 is 29.7. The topological polar surface area (TPSA) is 62.3 Å². The Kier molecular flexibility index (Phi) is 7.07. The summed E-state index contributed by atoms with van der Waals surface area (Å²) in [5.74, 6) is 0. The lowest BCUT2D eigenvalue weighted by Gasteiger charge is -2.26. The highest BCUT2D eigenvalue weighted by molar-refractivity contribution is 7.92. The van der Waals surface area contributed by atoms with Crippen molar-refractivity contribution in [3.63, 3.8) is 0 Å². The fourth-order valence-electron chi connectivity index (χ4n) is 4.23. The van der Waals surface area contributed by atoms with Gasteiger partial charge in [0.15, 0.2) is 0 Å². The van der Waals surface area contributed by atoms with Crippen molar-refractivity contribution >= 4 is 26.6 Å². The first-order valence-corrected chi connectivity index (χ1v) is 13.3. The molecule has 0 spiro atoms. The number of para-hydroxylation sites is 1. The first kappa shape index (κ1) is 23.7. The average molecular weight is 494 g/mol. The predicted molar refractivity (Wildman–Crippen MR) is 145 cm³/mol. The van der Waals surface area contributed by atoms with Crippen LogP contribution in [0.1, 0.15) is 16.7 Å². The monoisotopic (exact) mass is 493 g/mol. The van der Waals surface area contributed by atoms with E-state index >= 15 is 0 Å². The molecule has 0 aliphatic heterocycles. The van der Waals surface area contributed by atoms with E-state index in [9.17, 15) is 8.42 Å². The van der Waals surface area contributed by atoms with Gasteiger partial charge in [-0.05, 0) is 41.0 Å². The molecule has 5 aromatic rings. The van der Waals surface area contributed by atoms with Crippen molar-refractivity contribution in [2.24, 2.45) is 0 Å². The number of aromatic nitrogens is 1. The molecule has 4 aromatic carbocycles. The third kappa shape index (κ3) is 5.30. The first-order chi connectivity index (χ1) is 17.6. The van der Waals surface area contributed by atoms with Gasteiger partial charge in [0.25, 0.3) is 10.0 Å². The van der Waals surface area contributed by atoms with Gasteiger partial charge in [0.2, 0.25) is 0 Å². The van der Waals surface area contributed by atoms with Gasteiger partial charge in [0.05, 0.1) is 22.6 Å². The number of fused-ring (bicyclic) bond motifs is 1. The normalized spacial score (nSPS) is 11.4. The Balaban J connectivity index is 1.48. The molecule has 0 saturated heterocycles. The lowest BCUT2D eigenvalue weighted by Crippen LogP contribution is -2.31. The van der Waals surface area contributed by atoms with E-state index in [1.807, 2.05) is 84.9 Å². The maximum atomic E-state index is 14.1. The van der Waals surface area contributed by atoms with Gasteiger partial charge in [-0.3, -0.25) is 9.29 Å². The predicted octanol–water partition coefficient (Wildman–Crippen LogP) is 5.92. The Morgan fingerprint density at radius 3 is 2.08 bits per heavy atom. The summed E-state index contributed by atoms with van der Waals surface area (Å²) in [5, 5.41) is 4.29. The molecule has 180 valence electrons. The van der Waals surface area contributed by atoms with Crippen LogP contribution in [0.4, 0.5) is 5.69 Å². The van der Waals surface area contributed by atoms with Crippen molar-refractivity contribution < 1.29 is 8.42 Å². The number of hydrogen-bond donors (Lipinski definition) is 1. The van der Waals surface area contributed by atoms with Crippen LogP contribution in [0.5, 0.6) is 0 Å². The van der Waals surface area contributed by atoms with Crippen molar-refractivity contribution in [2.75, 3.05) is 4.31 Å². The Morgan fingerprint density at radius 1 is 0.667 bits per heavy atom. The molecule has 0 unspecified atom stereocenters. The Labute approximate surface area is 212 Å². The molecule has 1 N–H and O–H groups in total. The highest BCUT2D eigenvalue weighted by Gasteiger charge is 2.27. The van der Waals surface area contributed by atoms with E-state index in [0.29, 0.717) is 24.3 Å². The lowest BCUT2D eigenvalue weighted by atomic mass is 10.1. The fraction of sp³-hybridized carbons (Fsp3) is 0.100. The molecule has 0 atom stereocenters. The van der Waals surface area contributed by atoms with E-state index in [-0.39, 0.29) is 11.4 Å². The van der Waals surface area contributed by atoms with Crippen LogP contribution in [0.15, 0.2) is 126 Å². The maximum absolute atomic E-state index is 14.1. The number of nitrogens with zero attached hydrogens (tertiary/aromatic N) is 2. The third-order valence-electron chi connectivity index (χ3n) is 6.04. The third-order valence-corrected chi connectivity index (χ3v) is 7.79. The zero-order chi connectivity index (χ0) is 24.8. The largest absolute Gasteiger partial charge is 0.309 e. The SMILES string of the molecule is O=S(=O)(c1cccc(CNCc2ccccc2)c1)N(Cc1ccccc1)c1cccc2cccnc12. The van der Waals surface area contributed by atoms with Gasteiger partial charge in [-0.2, -0.15) is 0 Å². The minimum absolute atomic E-state index is 0.204. The van der Waals surface area contributed by atoms with Crippen LogP contribution in [0.3, 0.4) is 0 Å². The number of anilines is 1. The molecule has 1 heterocycles. The fourth-order valence-corrected chi connectivity index (χ4v) is 5.76. The van der Waals surface area contributed by atoms with E-state index in [0.717, 1.165) is 16.5 Å². The molecule has 0 aliphatic carbocycles. The molecule has 0 bridgehead atoms. The molecular formula is C30H27N3O2S. The zero-order valence-corrected chi connectivity index (χ0v) is 20.6. The molecule has 0 amide bonds. The van der Waals surface area contributed by atoms with Crippen LogP contribution in [0.2, 0.25) is 0 Å². The molecule has 5 nitrogen and oxygen atoms in total. The van der Waals surface area contributed by atoms with Crippen LogP contribution in [-0.4, -0.2) is 13.4 Å². The molecular weight excluding hydrogens is 466 g/mol. The van der Waals surface area contributed by atoms with Crippen molar-refractivity contribution in [3.8, 4) is 0 Å². The van der Waals surface area contributed by atoms with Crippen LogP contribution in [-0.2, 0) is 29.7 Å². The molecule has 36 heavy (non-hydrogen) atoms. The second-order valence-corrected chi connectivity index (χ2v) is 10.4. The summed E-state index contributed by atoms with van der Waals surface area (Å²) >= 11 is 0. The minimum Gasteiger partial charge on any atom is -0.309 e. The standard InChI is InChI=1S/C30H27N3O2S/c34-36(35,28-17-7-14-26(20-28)22-31-21-24-10-3-1-4-11-24)33(23-25-12-5-2-6-13-25)29-18-8-15-27-16-9-19-32-30(27)29/h1-20,31H,21-23H2. The van der Waals surface area contributed by atoms with Crippen LogP contribution < -0.4 is 9.62 Å². The van der Waals surface area contributed by atoms with Gasteiger partial charge in [0, 0.05) is 24.7 Å². The quantitative estimate of drug-likeness (QED) is 0.277. The molecule has 0 fully saturated rings. The van der Waals surface area contributed by atoms with E-state index in [4.69, 9.17) is 0 Å². The molecule has 6 heteroatoms. The Morgan fingerprint density at radius 2 is 1.31 bits per heavy atom. The molecule has 0 radical (unpaired) electrons. The van der Waals surface area contributed by atoms with Crippen molar-refractivity contribution in [1.29, 1.82) is 0 Å². The highest BCUT2D eigenvalue weighted by Crippen LogP contribution is 2.31. The summed E-state index contributed by atoms with van der Waals surface area (Å²) in [6.07, 6.45) is 1.69. The smallest absolute Gasteiger partial charge is 0.264 e. The number of pyridine rings is 1. The highest BCUT2D eigenvalue weighted by atomic mass is 32.2. The first-order valence-electron chi connectivity index (χ1n) is 11.9. The number of hydrogen-bond acceptors (Lipinski definition) is 4. The molecule has 0 saturated carbocycles. The van der Waals surface area contributed by atoms with Gasteiger partial charge < -0.3 is 5.32 Å². The van der Waals surface area contributed by atoms with E-state index < -0.39 is 10.0 Å². The van der Waals surface area contributed by atoms with Gasteiger partial charge in [-0.25, -0.2) is 8.42 Å². The van der Waals surface area contributed by atoms with Crippen molar-refractivity contribution in [1.82, 2.24) is 10.3 Å². The molecule has 0 aliphatic rings. The van der Waals surface area contributed by atoms with Gasteiger partial charge in [-0.15, -0.1) is 0 Å². The minimum atomic E-state index is -3.88. The van der Waals surface area contributed by atoms with E-state index in [2.05, 4.69) is 22.4 Å². The lowest BCUT2D eigenvalue weighted by molar-refractivity contribution is 0.590. The zero-order valence-electron chi connectivity index (χ0n) is 19.8. The number of sulfonamides is 1. The average Bonchev–Trinajstić information content (AvgIpc) is 2.93. The molecule has 1 aromatic heterocycles. The summed E-state index contributed by atoms with van der Waals surface area (Å²) in [6.45, 7) is 1.47. The van der Waals surface area contributed by atoms with Gasteiger partial charge >= 0.3 is 0 Å². The van der Waals surface area contributed by atoms with Gasteiger partial charge in [0.1, 0.15) is 0 Å². The molecule has 5 rings (SSSR count). The van der Waals surface area contributed by atoms with Crippen molar-refractivity contribution in [3.05, 3.63) is 138 Å². The Hall–Kier alpha value is -4.00. The van der Waals surface area contributed by atoms with Crippen molar-refractivity contribution in [2.45, 2.75) is 24.5 Å². The van der Waals surface area contributed by atoms with Crippen LogP contribution in [0, 0.1) is 0 Å². The maximum Gasteiger partial charge on any atom is 0.264 e. The summed E-state index contributed by atoms with van der Waals surface area (Å²) in [6, 6.07) is 36.4. The number of nitrogens with one attached hydrogen (secondary N) is 1. The van der Waals surface area contributed by atoms with Gasteiger partial charge in [-0.1, -0.05) is 91.0 Å². The second-order valence-electron chi connectivity index (χ2n) is 8.59. The second kappa shape index (κ2) is 10.7. The summed E-state index contributed by atoms with van der Waals surface area (Å²) in [5.41, 5.74) is 4.20. The van der Waals surface area contributed by atoms with Crippen LogP contribution >= 0.6 is 0 Å². The van der Waals surface area contributed by atoms with E-state index in [1.165, 1.54) is 9.87 Å². The summed E-state index contributed by atoms with van der Waals surface area (Å²) in [4.78, 5) is 4.78. The van der Waals surface area contributed by atoms with E-state index in [1.54, 1.807) is 24.4 Å². The number of benzene rings is 4. The number of rotatable bonds is 9.